The summed E-state index contributed by atoms with van der Waals surface area (Å²) in [4.78, 5) is 31.7. The van der Waals surface area contributed by atoms with Gasteiger partial charge in [-0.3, -0.25) is 9.20 Å². The van der Waals surface area contributed by atoms with Crippen molar-refractivity contribution in [2.45, 2.75) is 13.0 Å². The minimum atomic E-state index is -0.795. The Kier molecular flexibility index (Phi) is 4.37. The molecule has 164 valence electrons. The lowest BCUT2D eigenvalue weighted by atomic mass is 10.1. The summed E-state index contributed by atoms with van der Waals surface area (Å²) >= 11 is 0. The molecule has 11 heteroatoms. The van der Waals surface area contributed by atoms with Crippen LogP contribution < -0.4 is 16.2 Å². The van der Waals surface area contributed by atoms with Crippen LogP contribution in [0.25, 0.3) is 27.8 Å². The Hall–Kier alpha value is -4.25. The van der Waals surface area contributed by atoms with Crippen LogP contribution in [0.15, 0.2) is 47.8 Å². The highest BCUT2D eigenvalue weighted by Gasteiger charge is 2.17. The fourth-order valence-corrected chi connectivity index (χ4v) is 4.05. The first-order valence-corrected chi connectivity index (χ1v) is 10.2. The molecule has 6 rings (SSSR count). The van der Waals surface area contributed by atoms with Crippen molar-refractivity contribution in [3.05, 3.63) is 76.2 Å². The van der Waals surface area contributed by atoms with Crippen LogP contribution in [-0.2, 0) is 13.0 Å². The van der Waals surface area contributed by atoms with Gasteiger partial charge >= 0.3 is 0 Å². The summed E-state index contributed by atoms with van der Waals surface area (Å²) in [6.07, 6.45) is 4.70. The van der Waals surface area contributed by atoms with Crippen molar-refractivity contribution in [1.82, 2.24) is 34.6 Å². The summed E-state index contributed by atoms with van der Waals surface area (Å²) in [6.45, 7) is 1.61. The van der Waals surface area contributed by atoms with E-state index in [-0.39, 0.29) is 28.1 Å². The average Bonchev–Trinajstić information content (AvgIpc) is 3.28. The van der Waals surface area contributed by atoms with E-state index >= 15 is 0 Å². The fourth-order valence-electron chi connectivity index (χ4n) is 4.05. The first-order chi connectivity index (χ1) is 16.1. The van der Waals surface area contributed by atoms with E-state index in [2.05, 4.69) is 35.6 Å². The lowest BCUT2D eigenvalue weighted by Gasteiger charge is -2.17. The van der Waals surface area contributed by atoms with E-state index in [0.29, 0.717) is 11.5 Å². The largest absolute Gasteiger partial charge is 0.312 e. The van der Waals surface area contributed by atoms with Gasteiger partial charge in [0.25, 0.3) is 5.56 Å². The first kappa shape index (κ1) is 19.4. The Balaban J connectivity index is 1.44. The Morgan fingerprint density at radius 3 is 2.91 bits per heavy atom. The number of anilines is 2. The second kappa shape index (κ2) is 7.41. The molecule has 0 spiro atoms. The van der Waals surface area contributed by atoms with Crippen LogP contribution in [0.1, 0.15) is 11.3 Å². The number of benzene rings is 1. The van der Waals surface area contributed by atoms with E-state index in [1.807, 2.05) is 6.07 Å². The zero-order valence-corrected chi connectivity index (χ0v) is 17.1. The molecule has 0 saturated heterocycles. The van der Waals surface area contributed by atoms with Gasteiger partial charge in [-0.05, 0) is 23.8 Å². The number of rotatable bonds is 3. The highest BCUT2D eigenvalue weighted by atomic mass is 19.1. The monoisotopic (exact) mass is 446 g/mol. The molecule has 0 radical (unpaired) electrons. The van der Waals surface area contributed by atoms with Gasteiger partial charge < -0.3 is 15.6 Å². The molecule has 5 heterocycles. The molecule has 0 bridgehead atoms. The molecule has 9 nitrogen and oxygen atoms in total. The smallest absolute Gasteiger partial charge is 0.261 e. The van der Waals surface area contributed by atoms with Crippen LogP contribution in [0.2, 0.25) is 0 Å². The first-order valence-electron chi connectivity index (χ1n) is 10.2. The van der Waals surface area contributed by atoms with Gasteiger partial charge in [0.15, 0.2) is 5.82 Å². The molecule has 0 saturated carbocycles. The number of H-pyrrole nitrogens is 1. The van der Waals surface area contributed by atoms with Crippen molar-refractivity contribution in [1.29, 1.82) is 0 Å². The molecule has 4 aromatic heterocycles. The van der Waals surface area contributed by atoms with Crippen LogP contribution in [0, 0.1) is 11.6 Å². The van der Waals surface area contributed by atoms with E-state index in [1.165, 1.54) is 23.0 Å². The predicted octanol–water partition coefficient (Wildman–Crippen LogP) is 2.70. The fraction of sp³-hybridized carbons (Fsp3) is 0.136. The van der Waals surface area contributed by atoms with Gasteiger partial charge in [0.1, 0.15) is 29.3 Å². The summed E-state index contributed by atoms with van der Waals surface area (Å²) in [6, 6.07) is 6.35. The van der Waals surface area contributed by atoms with Gasteiger partial charge in [-0.1, -0.05) is 6.07 Å². The molecule has 0 unspecified atom stereocenters. The van der Waals surface area contributed by atoms with E-state index in [1.54, 1.807) is 6.07 Å². The second-order valence-corrected chi connectivity index (χ2v) is 7.70. The van der Waals surface area contributed by atoms with Crippen molar-refractivity contribution < 1.29 is 8.78 Å². The quantitative estimate of drug-likeness (QED) is 0.391. The third-order valence-electron chi connectivity index (χ3n) is 5.62. The SMILES string of the molecule is O=c1[nH]c2cncn2c2cc(-c3nc(Nc4ccc5c(n4)CCNC5)ncc3F)cc(F)c12. The molecule has 1 aliphatic rings. The number of aromatic amines is 1. The Morgan fingerprint density at radius 2 is 2.00 bits per heavy atom. The average molecular weight is 446 g/mol. The maximum Gasteiger partial charge on any atom is 0.261 e. The summed E-state index contributed by atoms with van der Waals surface area (Å²) < 4.78 is 31.1. The number of fused-ring (bicyclic) bond motifs is 4. The molecule has 3 N–H and O–H groups in total. The van der Waals surface area contributed by atoms with Gasteiger partial charge in [-0.25, -0.2) is 28.7 Å². The standard InChI is InChI=1S/C22H16F2N8O/c23-13-5-12(6-16-19(13)21(33)30-18-9-26-10-32(16)18)20-14(24)8-27-22(31-20)29-17-2-1-11-7-25-4-3-15(11)28-17/h1-2,5-6,8-10,25H,3-4,7H2,(H,30,33)(H,27,28,29,31). The van der Waals surface area contributed by atoms with Gasteiger partial charge in [-0.2, -0.15) is 0 Å². The summed E-state index contributed by atoms with van der Waals surface area (Å²) in [7, 11) is 0. The van der Waals surface area contributed by atoms with Gasteiger partial charge in [0, 0.05) is 30.8 Å². The molecular weight excluding hydrogens is 430 g/mol. The van der Waals surface area contributed by atoms with Gasteiger partial charge in [0.2, 0.25) is 5.95 Å². The number of aromatic nitrogens is 6. The van der Waals surface area contributed by atoms with Gasteiger partial charge in [-0.15, -0.1) is 0 Å². The van der Waals surface area contributed by atoms with Crippen LogP contribution in [0.4, 0.5) is 20.5 Å². The molecule has 0 fully saturated rings. The highest BCUT2D eigenvalue weighted by molar-refractivity contribution is 5.85. The molecule has 1 aliphatic heterocycles. The van der Waals surface area contributed by atoms with E-state index in [0.717, 1.165) is 43.0 Å². The summed E-state index contributed by atoms with van der Waals surface area (Å²) in [5.74, 6) is -0.871. The van der Waals surface area contributed by atoms with Crippen LogP contribution >= 0.6 is 0 Å². The number of nitrogens with one attached hydrogen (secondary N) is 3. The van der Waals surface area contributed by atoms with Crippen molar-refractivity contribution >= 4 is 28.3 Å². The Bertz CT molecular complexity index is 1610. The van der Waals surface area contributed by atoms with Gasteiger partial charge in [0.05, 0.1) is 23.3 Å². The second-order valence-electron chi connectivity index (χ2n) is 7.70. The molecule has 0 aliphatic carbocycles. The van der Waals surface area contributed by atoms with E-state index in [9.17, 15) is 13.6 Å². The maximum absolute atomic E-state index is 14.9. The normalized spacial score (nSPS) is 13.4. The third-order valence-corrected chi connectivity index (χ3v) is 5.62. The zero-order chi connectivity index (χ0) is 22.5. The zero-order valence-electron chi connectivity index (χ0n) is 17.1. The molecule has 0 atom stereocenters. The minimum Gasteiger partial charge on any atom is -0.312 e. The Labute approximate surface area is 184 Å². The molecular formula is C22H16F2N8O. The molecule has 1 aromatic carbocycles. The third kappa shape index (κ3) is 3.29. The number of hydrogen-bond donors (Lipinski definition) is 3. The highest BCUT2D eigenvalue weighted by Crippen LogP contribution is 2.27. The Morgan fingerprint density at radius 1 is 1.09 bits per heavy atom. The topological polar surface area (TPSA) is 113 Å². The summed E-state index contributed by atoms with van der Waals surface area (Å²) in [5, 5.41) is 6.13. The van der Waals surface area contributed by atoms with Crippen molar-refractivity contribution in [3.63, 3.8) is 0 Å². The van der Waals surface area contributed by atoms with Crippen LogP contribution in [-0.4, -0.2) is 35.9 Å². The summed E-state index contributed by atoms with van der Waals surface area (Å²) in [5.41, 5.74) is 2.20. The van der Waals surface area contributed by atoms with Crippen LogP contribution in [0.3, 0.4) is 0 Å². The maximum atomic E-state index is 14.9. The lowest BCUT2D eigenvalue weighted by molar-refractivity contribution is 0.617. The number of imidazole rings is 1. The molecule has 5 aromatic rings. The molecule has 0 amide bonds. The van der Waals surface area contributed by atoms with Crippen LogP contribution in [0.5, 0.6) is 0 Å². The number of halogens is 2. The van der Waals surface area contributed by atoms with E-state index in [4.69, 9.17) is 0 Å². The van der Waals surface area contributed by atoms with Crippen molar-refractivity contribution in [3.8, 4) is 11.3 Å². The minimum absolute atomic E-state index is 0.107. The number of pyridine rings is 1. The van der Waals surface area contributed by atoms with Crippen molar-refractivity contribution in [2.75, 3.05) is 11.9 Å². The predicted molar refractivity (Wildman–Crippen MR) is 117 cm³/mol. The number of hydrogen-bond acceptors (Lipinski definition) is 7. The van der Waals surface area contributed by atoms with E-state index < -0.39 is 17.2 Å². The van der Waals surface area contributed by atoms with Crippen molar-refractivity contribution in [2.24, 2.45) is 0 Å². The lowest BCUT2D eigenvalue weighted by Crippen LogP contribution is -2.24. The number of nitrogens with zero attached hydrogens (tertiary/aromatic N) is 5. The molecule has 33 heavy (non-hydrogen) atoms.